The van der Waals surface area contributed by atoms with Crippen LogP contribution in [0.15, 0.2) is 42.5 Å². The highest BCUT2D eigenvalue weighted by atomic mass is 16.7. The molecular weight excluding hydrogens is 696 g/mol. The van der Waals surface area contributed by atoms with E-state index in [-0.39, 0.29) is 37.6 Å². The van der Waals surface area contributed by atoms with Gasteiger partial charge < -0.3 is 84.6 Å². The lowest BCUT2D eigenvalue weighted by Gasteiger charge is -2.48. The van der Waals surface area contributed by atoms with Crippen LogP contribution >= 0.6 is 0 Å². The van der Waals surface area contributed by atoms with E-state index in [4.69, 9.17) is 28.4 Å². The number of hydrogen-bond donors (Lipinski definition) is 11. The Morgan fingerprint density at radius 3 is 2.13 bits per heavy atom. The summed E-state index contributed by atoms with van der Waals surface area (Å²) in [4.78, 5) is 13.3. The lowest BCUT2D eigenvalue weighted by Crippen LogP contribution is -2.65. The van der Waals surface area contributed by atoms with Gasteiger partial charge in [0.1, 0.15) is 54.9 Å². The highest BCUT2D eigenvalue weighted by Crippen LogP contribution is 2.35. The molecular formula is C34H44O18. The predicted molar refractivity (Wildman–Crippen MR) is 172 cm³/mol. The molecule has 11 N–H and O–H groups in total. The molecule has 0 amide bonds. The van der Waals surface area contributed by atoms with Gasteiger partial charge in [-0.3, -0.25) is 0 Å². The quantitative estimate of drug-likeness (QED) is 0.0666. The van der Waals surface area contributed by atoms with Crippen LogP contribution in [0.25, 0.3) is 6.08 Å². The third-order valence-corrected chi connectivity index (χ3v) is 9.16. The summed E-state index contributed by atoms with van der Waals surface area (Å²) in [6.45, 7) is 0.887. The Labute approximate surface area is 296 Å². The minimum atomic E-state index is -1.85. The second-order valence-corrected chi connectivity index (χ2v) is 12.9. The minimum Gasteiger partial charge on any atom is -0.504 e. The molecule has 0 spiro atoms. The van der Waals surface area contributed by atoms with Crippen molar-refractivity contribution < 1.29 is 89.4 Å². The van der Waals surface area contributed by atoms with Crippen LogP contribution in [-0.2, 0) is 39.6 Å². The Hall–Kier alpha value is -3.63. The zero-order valence-corrected chi connectivity index (χ0v) is 27.8. The van der Waals surface area contributed by atoms with Gasteiger partial charge in [-0.1, -0.05) is 12.1 Å². The molecule has 2 aromatic carbocycles. The summed E-state index contributed by atoms with van der Waals surface area (Å²) in [7, 11) is 0. The number of ether oxygens (including phenoxy) is 6. The van der Waals surface area contributed by atoms with Crippen LogP contribution < -0.4 is 0 Å². The van der Waals surface area contributed by atoms with Gasteiger partial charge in [0.15, 0.2) is 41.7 Å². The second-order valence-electron chi connectivity index (χ2n) is 12.9. The van der Waals surface area contributed by atoms with Gasteiger partial charge in [0.2, 0.25) is 0 Å². The second kappa shape index (κ2) is 17.0. The summed E-state index contributed by atoms with van der Waals surface area (Å²) < 4.78 is 34.8. The number of benzene rings is 2. The predicted octanol–water partition coefficient (Wildman–Crippen LogP) is -2.14. The zero-order valence-electron chi connectivity index (χ0n) is 27.8. The summed E-state index contributed by atoms with van der Waals surface area (Å²) in [6.07, 6.45) is -19.7. The SMILES string of the molecule is C[C@@H]1O[C@@H](O[C@@H]2[C@@H](O)[C@H](OCCc3ccc(O)c(O)c3)O[C@H](C[C@H]3OC[C@H](O)[C@H](O)[C@H]3O)[C@H]2OC(=O)/C=C/c2ccc(O)c(O)c2)[C@H](O)[C@H](O)[C@H]1O. The van der Waals surface area contributed by atoms with Crippen LogP contribution in [0.5, 0.6) is 23.0 Å². The molecule has 3 fully saturated rings. The molecule has 18 nitrogen and oxygen atoms in total. The lowest BCUT2D eigenvalue weighted by molar-refractivity contribution is -0.358. The van der Waals surface area contributed by atoms with Crippen molar-refractivity contribution in [3.8, 4) is 23.0 Å². The Morgan fingerprint density at radius 2 is 1.44 bits per heavy atom. The number of carbonyl (C=O) groups is 1. The van der Waals surface area contributed by atoms with Gasteiger partial charge in [0.25, 0.3) is 0 Å². The number of rotatable bonds is 11. The van der Waals surface area contributed by atoms with E-state index in [0.717, 1.165) is 6.08 Å². The molecule has 0 bridgehead atoms. The number of aliphatic hydroxyl groups is 7. The molecule has 18 heteroatoms. The van der Waals surface area contributed by atoms with Crippen molar-refractivity contribution in [2.75, 3.05) is 13.2 Å². The fourth-order valence-corrected chi connectivity index (χ4v) is 6.10. The average molecular weight is 741 g/mol. The first-order valence-electron chi connectivity index (χ1n) is 16.5. The molecule has 0 aromatic heterocycles. The van der Waals surface area contributed by atoms with Crippen LogP contribution in [0.2, 0.25) is 0 Å². The third-order valence-electron chi connectivity index (χ3n) is 9.16. The number of esters is 1. The minimum absolute atomic E-state index is 0.143. The van der Waals surface area contributed by atoms with Crippen molar-refractivity contribution >= 4 is 12.0 Å². The number of aliphatic hydroxyl groups excluding tert-OH is 7. The number of carbonyl (C=O) groups excluding carboxylic acids is 1. The van der Waals surface area contributed by atoms with Crippen molar-refractivity contribution in [3.05, 3.63) is 53.6 Å². The number of aromatic hydroxyl groups is 4. The van der Waals surface area contributed by atoms with Gasteiger partial charge in [-0.05, 0) is 54.8 Å². The maximum atomic E-state index is 13.3. The number of hydrogen-bond acceptors (Lipinski definition) is 18. The largest absolute Gasteiger partial charge is 0.504 e. The fourth-order valence-electron chi connectivity index (χ4n) is 6.10. The molecule has 0 unspecified atom stereocenters. The molecule has 2 aromatic rings. The Balaban J connectivity index is 1.44. The van der Waals surface area contributed by atoms with Crippen LogP contribution in [0.3, 0.4) is 0 Å². The Bertz CT molecular complexity index is 1540. The van der Waals surface area contributed by atoms with Crippen molar-refractivity contribution in [3.63, 3.8) is 0 Å². The molecule has 3 aliphatic rings. The van der Waals surface area contributed by atoms with E-state index in [1.165, 1.54) is 49.4 Å². The summed E-state index contributed by atoms with van der Waals surface area (Å²) in [5, 5.41) is 113. The van der Waals surface area contributed by atoms with Crippen LogP contribution in [0.1, 0.15) is 24.5 Å². The highest BCUT2D eigenvalue weighted by molar-refractivity contribution is 5.87. The van der Waals surface area contributed by atoms with E-state index in [9.17, 15) is 61.0 Å². The molecule has 3 aliphatic heterocycles. The first kappa shape index (κ1) is 39.6. The molecule has 3 saturated heterocycles. The van der Waals surface area contributed by atoms with E-state index < -0.39 is 103 Å². The maximum Gasteiger partial charge on any atom is 0.331 e. The van der Waals surface area contributed by atoms with E-state index in [1.807, 2.05) is 0 Å². The Kier molecular flexibility index (Phi) is 12.9. The van der Waals surface area contributed by atoms with Crippen molar-refractivity contribution in [1.29, 1.82) is 0 Å². The lowest BCUT2D eigenvalue weighted by atomic mass is 9.90. The van der Waals surface area contributed by atoms with Gasteiger partial charge in [-0.15, -0.1) is 0 Å². The zero-order chi connectivity index (χ0) is 37.9. The van der Waals surface area contributed by atoms with Crippen molar-refractivity contribution in [2.24, 2.45) is 0 Å². The molecule has 5 rings (SSSR count). The average Bonchev–Trinajstić information content (AvgIpc) is 3.11. The molecule has 3 heterocycles. The fraction of sp³-hybridized carbons (Fsp3) is 0.559. The maximum absolute atomic E-state index is 13.3. The van der Waals surface area contributed by atoms with E-state index in [2.05, 4.69) is 0 Å². The molecule has 288 valence electrons. The van der Waals surface area contributed by atoms with E-state index in [0.29, 0.717) is 11.1 Å². The van der Waals surface area contributed by atoms with Crippen molar-refractivity contribution in [2.45, 2.75) is 106 Å². The summed E-state index contributed by atoms with van der Waals surface area (Å²) in [6, 6.07) is 7.87. The van der Waals surface area contributed by atoms with E-state index in [1.54, 1.807) is 0 Å². The van der Waals surface area contributed by atoms with Crippen LogP contribution in [0.4, 0.5) is 0 Å². The van der Waals surface area contributed by atoms with Crippen LogP contribution in [0, 0.1) is 0 Å². The first-order valence-corrected chi connectivity index (χ1v) is 16.5. The molecule has 0 saturated carbocycles. The van der Waals surface area contributed by atoms with Gasteiger partial charge in [0, 0.05) is 12.5 Å². The van der Waals surface area contributed by atoms with Gasteiger partial charge >= 0.3 is 5.97 Å². The molecule has 52 heavy (non-hydrogen) atoms. The summed E-state index contributed by atoms with van der Waals surface area (Å²) in [5.74, 6) is -2.58. The van der Waals surface area contributed by atoms with E-state index >= 15 is 0 Å². The molecule has 14 atom stereocenters. The normalized spacial score (nSPS) is 36.8. The standard InChI is InChI=1S/C34H44O18/c1-14-25(41)28(44)29(45)34(49-14)52-32-30(46)33(47-9-8-16-3-6-18(36)20(38)11-16)50-23(12-22-27(43)26(42)21(39)13-48-22)31(32)51-24(40)7-4-15-2-5-17(35)19(37)10-15/h2-7,10-11,14,21-23,25-39,41-46H,8-9,12-13H2,1H3/b7-4+/t14-,21-,22+,23+,25-,26-,27-,28+,29+,30+,31+,32+,33+,34-/m0/s1. The summed E-state index contributed by atoms with van der Waals surface area (Å²) >= 11 is 0. The van der Waals surface area contributed by atoms with Gasteiger partial charge in [0.05, 0.1) is 25.4 Å². The third kappa shape index (κ3) is 9.11. The highest BCUT2D eigenvalue weighted by Gasteiger charge is 2.53. The van der Waals surface area contributed by atoms with Crippen molar-refractivity contribution in [1.82, 2.24) is 0 Å². The van der Waals surface area contributed by atoms with Crippen LogP contribution in [-0.4, -0.2) is 161 Å². The van der Waals surface area contributed by atoms with Gasteiger partial charge in [-0.25, -0.2) is 4.79 Å². The summed E-state index contributed by atoms with van der Waals surface area (Å²) in [5.41, 5.74) is 0.829. The first-order chi connectivity index (χ1) is 24.6. The number of phenolic OH excluding ortho intramolecular Hbond substituents is 4. The number of phenols is 4. The topological polar surface area (TPSA) is 295 Å². The Morgan fingerprint density at radius 1 is 0.750 bits per heavy atom. The monoisotopic (exact) mass is 740 g/mol. The van der Waals surface area contributed by atoms with Gasteiger partial charge in [-0.2, -0.15) is 0 Å². The molecule has 0 radical (unpaired) electrons. The molecule has 0 aliphatic carbocycles. The smallest absolute Gasteiger partial charge is 0.331 e.